The summed E-state index contributed by atoms with van der Waals surface area (Å²) in [6, 6.07) is 1.79. The van der Waals surface area contributed by atoms with E-state index in [2.05, 4.69) is 19.9 Å². The molecule has 1 unspecified atom stereocenters. The lowest BCUT2D eigenvalue weighted by atomic mass is 9.99. The number of nitrogens with one attached hydrogen (secondary N) is 1. The molecule has 0 aliphatic carbocycles. The summed E-state index contributed by atoms with van der Waals surface area (Å²) in [5, 5.41) is 1.55. The van der Waals surface area contributed by atoms with Crippen LogP contribution in [0.5, 0.6) is 0 Å². The zero-order valence-corrected chi connectivity index (χ0v) is 14.2. The minimum Gasteiger partial charge on any atom is -0.349 e. The van der Waals surface area contributed by atoms with Crippen LogP contribution >= 0.6 is 0 Å². The number of halogens is 3. The minimum absolute atomic E-state index is 0.00796. The number of fused-ring (bicyclic) bond motifs is 3. The number of hydrogen-bond acceptors (Lipinski definition) is 5. The van der Waals surface area contributed by atoms with Crippen molar-refractivity contribution >= 4 is 32.0 Å². The maximum Gasteiger partial charge on any atom is 0.404 e. The summed E-state index contributed by atoms with van der Waals surface area (Å²) >= 11 is 0. The zero-order chi connectivity index (χ0) is 18.5. The summed E-state index contributed by atoms with van der Waals surface area (Å²) in [5.41, 5.74) is 1.90. The molecule has 1 N–H and O–H groups in total. The van der Waals surface area contributed by atoms with Crippen molar-refractivity contribution in [3.63, 3.8) is 0 Å². The highest BCUT2D eigenvalue weighted by Gasteiger charge is 2.41. The van der Waals surface area contributed by atoms with Crippen molar-refractivity contribution in [2.45, 2.75) is 18.5 Å². The number of hydrogen-bond donors (Lipinski definition) is 1. The molecule has 4 heterocycles. The maximum atomic E-state index is 12.5. The van der Waals surface area contributed by atoms with Gasteiger partial charge in [-0.1, -0.05) is 0 Å². The molecule has 3 aromatic heterocycles. The number of aromatic amines is 1. The normalized spacial score (nSPS) is 19.6. The highest BCUT2D eigenvalue weighted by molar-refractivity contribution is 7.89. The molecule has 1 aliphatic rings. The van der Waals surface area contributed by atoms with Crippen molar-refractivity contribution in [3.05, 3.63) is 30.5 Å². The molecule has 1 fully saturated rings. The van der Waals surface area contributed by atoms with E-state index >= 15 is 0 Å². The van der Waals surface area contributed by atoms with Crippen LogP contribution in [0.2, 0.25) is 0 Å². The van der Waals surface area contributed by atoms with Gasteiger partial charge in [-0.15, -0.1) is 0 Å². The predicted molar refractivity (Wildman–Crippen MR) is 88.0 cm³/mol. The Morgan fingerprint density at radius 2 is 2.08 bits per heavy atom. The number of alkyl halides is 3. The van der Waals surface area contributed by atoms with E-state index in [4.69, 9.17) is 0 Å². The van der Waals surface area contributed by atoms with Crippen molar-refractivity contribution in [1.82, 2.24) is 24.2 Å². The monoisotopic (exact) mass is 385 g/mol. The Morgan fingerprint density at radius 1 is 1.27 bits per heavy atom. The first-order chi connectivity index (χ1) is 12.2. The molecule has 0 bridgehead atoms. The quantitative estimate of drug-likeness (QED) is 0.746. The third-order valence-electron chi connectivity index (χ3n) is 4.51. The van der Waals surface area contributed by atoms with Crippen LogP contribution in [0.1, 0.15) is 18.0 Å². The van der Waals surface area contributed by atoms with Gasteiger partial charge >= 0.3 is 6.18 Å². The van der Waals surface area contributed by atoms with E-state index in [9.17, 15) is 21.6 Å². The van der Waals surface area contributed by atoms with E-state index in [1.165, 1.54) is 6.33 Å². The van der Waals surface area contributed by atoms with Crippen LogP contribution in [-0.2, 0) is 10.0 Å². The second-order valence-electron chi connectivity index (χ2n) is 6.23. The molecule has 0 amide bonds. The van der Waals surface area contributed by atoms with Crippen molar-refractivity contribution in [1.29, 1.82) is 0 Å². The van der Waals surface area contributed by atoms with E-state index in [-0.39, 0.29) is 19.0 Å². The first kappa shape index (κ1) is 17.2. The summed E-state index contributed by atoms with van der Waals surface area (Å²) in [4.78, 5) is 15.6. The second kappa shape index (κ2) is 5.88. The number of nitrogens with zero attached hydrogens (tertiary/aromatic N) is 4. The summed E-state index contributed by atoms with van der Waals surface area (Å²) in [5.74, 6) is -2.10. The molecular formula is C15H14F3N5O2S. The van der Waals surface area contributed by atoms with Gasteiger partial charge in [-0.05, 0) is 12.5 Å². The fourth-order valence-electron chi connectivity index (χ4n) is 3.41. The van der Waals surface area contributed by atoms with Crippen LogP contribution in [0.15, 0.2) is 24.8 Å². The summed E-state index contributed by atoms with van der Waals surface area (Å²) in [6.07, 6.45) is 0.335. The molecule has 3 aromatic rings. The average molecular weight is 385 g/mol. The summed E-state index contributed by atoms with van der Waals surface area (Å²) in [6.45, 7) is 0.0419. The Labute approximate surface area is 146 Å². The predicted octanol–water partition coefficient (Wildman–Crippen LogP) is 2.19. The molecular weight excluding hydrogens is 371 g/mol. The van der Waals surface area contributed by atoms with E-state index in [1.54, 1.807) is 18.5 Å². The van der Waals surface area contributed by atoms with Crippen LogP contribution in [0.4, 0.5) is 13.2 Å². The summed E-state index contributed by atoms with van der Waals surface area (Å²) < 4.78 is 62.6. The van der Waals surface area contributed by atoms with Crippen LogP contribution in [-0.4, -0.2) is 57.7 Å². The largest absolute Gasteiger partial charge is 0.404 e. The van der Waals surface area contributed by atoms with E-state index in [1.807, 2.05) is 0 Å². The molecule has 7 nitrogen and oxygen atoms in total. The van der Waals surface area contributed by atoms with Gasteiger partial charge in [0, 0.05) is 41.7 Å². The molecule has 11 heteroatoms. The fraction of sp³-hybridized carbons (Fsp3) is 0.400. The van der Waals surface area contributed by atoms with Crippen molar-refractivity contribution in [2.75, 3.05) is 18.8 Å². The van der Waals surface area contributed by atoms with Gasteiger partial charge in [0.15, 0.2) is 11.4 Å². The molecule has 138 valence electrons. The summed E-state index contributed by atoms with van der Waals surface area (Å²) in [7, 11) is -4.39. The van der Waals surface area contributed by atoms with Crippen LogP contribution in [0.25, 0.3) is 21.9 Å². The Kier molecular flexibility index (Phi) is 3.88. The molecule has 26 heavy (non-hydrogen) atoms. The van der Waals surface area contributed by atoms with Gasteiger partial charge in [0.25, 0.3) is 0 Å². The van der Waals surface area contributed by atoms with E-state index < -0.39 is 22.0 Å². The molecule has 4 rings (SSSR count). The minimum atomic E-state index is -4.76. The van der Waals surface area contributed by atoms with Crippen LogP contribution in [0.3, 0.4) is 0 Å². The lowest BCUT2D eigenvalue weighted by molar-refractivity contribution is -0.106. The van der Waals surface area contributed by atoms with Crippen molar-refractivity contribution in [3.8, 4) is 0 Å². The molecule has 1 aliphatic heterocycles. The molecule has 0 spiro atoms. The van der Waals surface area contributed by atoms with Crippen LogP contribution < -0.4 is 0 Å². The fourth-order valence-corrected chi connectivity index (χ4v) is 4.80. The van der Waals surface area contributed by atoms with Crippen molar-refractivity contribution in [2.24, 2.45) is 0 Å². The van der Waals surface area contributed by atoms with Gasteiger partial charge < -0.3 is 4.98 Å². The molecule has 0 saturated carbocycles. The SMILES string of the molecule is O=S(=O)(CC(F)(F)F)N1CCC(c2[nH]cnc3cnc4nccc4c23)C1. The third kappa shape index (κ3) is 3.01. The number of aromatic nitrogens is 4. The lowest BCUT2D eigenvalue weighted by Gasteiger charge is -2.18. The maximum absolute atomic E-state index is 12.5. The van der Waals surface area contributed by atoms with Gasteiger partial charge in [0.1, 0.15) is 0 Å². The van der Waals surface area contributed by atoms with E-state index in [0.717, 1.165) is 20.8 Å². The molecule has 0 aromatic carbocycles. The van der Waals surface area contributed by atoms with Crippen molar-refractivity contribution < 1.29 is 21.6 Å². The number of pyridine rings is 1. The molecule has 0 radical (unpaired) electrons. The Morgan fingerprint density at radius 3 is 2.85 bits per heavy atom. The van der Waals surface area contributed by atoms with Crippen LogP contribution in [0, 0.1) is 0 Å². The molecule has 1 saturated heterocycles. The Bertz CT molecular complexity index is 1080. The number of sulfonamides is 1. The highest BCUT2D eigenvalue weighted by Crippen LogP contribution is 2.35. The van der Waals surface area contributed by atoms with E-state index in [0.29, 0.717) is 17.6 Å². The zero-order valence-electron chi connectivity index (χ0n) is 13.4. The molecule has 1 atom stereocenters. The van der Waals surface area contributed by atoms with Gasteiger partial charge in [-0.3, -0.25) is 0 Å². The number of rotatable bonds is 3. The lowest BCUT2D eigenvalue weighted by Crippen LogP contribution is -2.36. The first-order valence-corrected chi connectivity index (χ1v) is 9.47. The highest BCUT2D eigenvalue weighted by atomic mass is 32.2. The average Bonchev–Trinajstić information content (AvgIpc) is 3.21. The Balaban J connectivity index is 1.71. The van der Waals surface area contributed by atoms with Gasteiger partial charge in [0.2, 0.25) is 10.0 Å². The topological polar surface area (TPSA) is 91.8 Å². The first-order valence-electron chi connectivity index (χ1n) is 7.86. The smallest absolute Gasteiger partial charge is 0.349 e. The number of H-pyrrole nitrogens is 1. The standard InChI is InChI=1S/C15H14F3N5O2S/c16-15(17,18)7-26(24,25)23-4-2-9(6-23)13-12-10-1-3-19-14(10)20-5-11(12)21-8-22-13/h1,3,5,8-9H,2,4,6-7H2,(H,21,22). The third-order valence-corrected chi connectivity index (χ3v) is 6.32. The van der Waals surface area contributed by atoms with Gasteiger partial charge in [-0.2, -0.15) is 13.2 Å². The Hall–Kier alpha value is -2.27. The van der Waals surface area contributed by atoms with Gasteiger partial charge in [0.05, 0.1) is 18.0 Å². The van der Waals surface area contributed by atoms with Gasteiger partial charge in [-0.25, -0.2) is 27.7 Å². The second-order valence-corrected chi connectivity index (χ2v) is 8.20.